The van der Waals surface area contributed by atoms with E-state index < -0.39 is 15.8 Å². The molecule has 0 unspecified atom stereocenters. The fourth-order valence-corrected chi connectivity index (χ4v) is 3.79. The highest BCUT2D eigenvalue weighted by Crippen LogP contribution is 2.39. The van der Waals surface area contributed by atoms with Crippen molar-refractivity contribution < 1.29 is 22.0 Å². The van der Waals surface area contributed by atoms with Crippen LogP contribution in [-0.2, 0) is 16.4 Å². The SMILES string of the molecule is COc1cccc(F)c1-c1nc(Cc2ccccc2)oc1-c1ccc(S(N)(=O)=O)cc1. The van der Waals surface area contributed by atoms with Gasteiger partial charge in [0.25, 0.3) is 0 Å². The van der Waals surface area contributed by atoms with Crippen molar-refractivity contribution in [1.29, 1.82) is 0 Å². The summed E-state index contributed by atoms with van der Waals surface area (Å²) < 4.78 is 49.3. The van der Waals surface area contributed by atoms with Crippen molar-refractivity contribution in [3.63, 3.8) is 0 Å². The van der Waals surface area contributed by atoms with E-state index in [0.29, 0.717) is 29.4 Å². The maximum Gasteiger partial charge on any atom is 0.238 e. The van der Waals surface area contributed by atoms with Gasteiger partial charge in [0.1, 0.15) is 17.3 Å². The Morgan fingerprint density at radius 3 is 2.35 bits per heavy atom. The molecule has 0 spiro atoms. The molecule has 1 aromatic heterocycles. The zero-order valence-electron chi connectivity index (χ0n) is 16.6. The van der Waals surface area contributed by atoms with Crippen LogP contribution >= 0.6 is 0 Å². The number of nitrogens with two attached hydrogens (primary N) is 1. The number of benzene rings is 3. The molecule has 4 rings (SSSR count). The van der Waals surface area contributed by atoms with Gasteiger partial charge in [-0.05, 0) is 42.0 Å². The first-order chi connectivity index (χ1) is 14.9. The number of aromatic nitrogens is 1. The van der Waals surface area contributed by atoms with Gasteiger partial charge in [0.05, 0.1) is 17.6 Å². The van der Waals surface area contributed by atoms with Gasteiger partial charge in [-0.1, -0.05) is 36.4 Å². The quantitative estimate of drug-likeness (QED) is 0.482. The lowest BCUT2D eigenvalue weighted by Gasteiger charge is -2.09. The Morgan fingerprint density at radius 2 is 1.71 bits per heavy atom. The van der Waals surface area contributed by atoms with Crippen LogP contribution in [0.1, 0.15) is 11.5 Å². The summed E-state index contributed by atoms with van der Waals surface area (Å²) in [6, 6.07) is 19.9. The van der Waals surface area contributed by atoms with Gasteiger partial charge in [0.15, 0.2) is 11.7 Å². The summed E-state index contributed by atoms with van der Waals surface area (Å²) in [6.45, 7) is 0. The number of hydrogen-bond acceptors (Lipinski definition) is 5. The molecule has 0 aliphatic heterocycles. The van der Waals surface area contributed by atoms with Crippen LogP contribution in [0.5, 0.6) is 5.75 Å². The topological polar surface area (TPSA) is 95.4 Å². The third-order valence-electron chi connectivity index (χ3n) is 4.75. The number of primary sulfonamides is 1. The van der Waals surface area contributed by atoms with Crippen molar-refractivity contribution in [2.24, 2.45) is 5.14 Å². The summed E-state index contributed by atoms with van der Waals surface area (Å²) >= 11 is 0. The van der Waals surface area contributed by atoms with E-state index in [2.05, 4.69) is 4.98 Å². The molecule has 0 aliphatic carbocycles. The summed E-state index contributed by atoms with van der Waals surface area (Å²) in [7, 11) is -2.39. The summed E-state index contributed by atoms with van der Waals surface area (Å²) in [5.74, 6) is 0.482. The second-order valence-corrected chi connectivity index (χ2v) is 8.40. The highest BCUT2D eigenvalue weighted by Gasteiger charge is 2.23. The fourth-order valence-electron chi connectivity index (χ4n) is 3.28. The van der Waals surface area contributed by atoms with E-state index in [4.69, 9.17) is 14.3 Å². The molecule has 1 heterocycles. The van der Waals surface area contributed by atoms with E-state index in [0.717, 1.165) is 5.56 Å². The van der Waals surface area contributed by atoms with Gasteiger partial charge in [-0.25, -0.2) is 22.9 Å². The second kappa shape index (κ2) is 8.33. The Bertz CT molecular complexity index is 1320. The van der Waals surface area contributed by atoms with E-state index in [-0.39, 0.29) is 16.2 Å². The van der Waals surface area contributed by atoms with E-state index in [1.165, 1.54) is 25.3 Å². The summed E-state index contributed by atoms with van der Waals surface area (Å²) in [5, 5.41) is 5.18. The number of sulfonamides is 1. The molecule has 0 atom stereocenters. The summed E-state index contributed by atoms with van der Waals surface area (Å²) in [6.07, 6.45) is 0.403. The molecular formula is C23H19FN2O4S. The van der Waals surface area contributed by atoms with E-state index in [1.807, 2.05) is 30.3 Å². The van der Waals surface area contributed by atoms with E-state index in [1.54, 1.807) is 24.3 Å². The van der Waals surface area contributed by atoms with Crippen LogP contribution in [0, 0.1) is 5.82 Å². The number of ether oxygens (including phenoxy) is 1. The minimum absolute atomic E-state index is 0.0368. The van der Waals surface area contributed by atoms with Gasteiger partial charge in [-0.15, -0.1) is 0 Å². The highest BCUT2D eigenvalue weighted by atomic mass is 32.2. The Hall–Kier alpha value is -3.49. The van der Waals surface area contributed by atoms with Crippen LogP contribution < -0.4 is 9.88 Å². The van der Waals surface area contributed by atoms with Crippen molar-refractivity contribution in [3.05, 3.63) is 90.1 Å². The molecule has 31 heavy (non-hydrogen) atoms. The van der Waals surface area contributed by atoms with Crippen molar-refractivity contribution in [3.8, 4) is 28.3 Å². The zero-order valence-corrected chi connectivity index (χ0v) is 17.4. The monoisotopic (exact) mass is 438 g/mol. The standard InChI is InChI=1S/C23H19FN2O4S/c1-29-19-9-5-8-18(24)21(19)22-23(16-10-12-17(13-11-16)31(25,27)28)30-20(26-22)14-15-6-3-2-4-7-15/h2-13H,14H2,1H3,(H2,25,27,28). The zero-order chi connectivity index (χ0) is 22.0. The van der Waals surface area contributed by atoms with Gasteiger partial charge in [-0.2, -0.15) is 0 Å². The van der Waals surface area contributed by atoms with Crippen molar-refractivity contribution >= 4 is 10.0 Å². The first-order valence-electron chi connectivity index (χ1n) is 9.36. The van der Waals surface area contributed by atoms with Crippen LogP contribution in [0.4, 0.5) is 4.39 Å². The molecule has 0 amide bonds. The average Bonchev–Trinajstić information content (AvgIpc) is 3.16. The summed E-state index contributed by atoms with van der Waals surface area (Å²) in [5.41, 5.74) is 1.94. The maximum absolute atomic E-state index is 14.8. The molecule has 0 bridgehead atoms. The average molecular weight is 438 g/mol. The Kier molecular flexibility index (Phi) is 5.58. The lowest BCUT2D eigenvalue weighted by Crippen LogP contribution is -2.11. The first kappa shape index (κ1) is 20.8. The Labute approximate surface area is 179 Å². The molecule has 6 nitrogen and oxygen atoms in total. The number of halogens is 1. The predicted octanol–water partition coefficient (Wildman–Crippen LogP) is 4.39. The molecule has 3 aromatic carbocycles. The van der Waals surface area contributed by atoms with Gasteiger partial charge >= 0.3 is 0 Å². The van der Waals surface area contributed by atoms with Crippen molar-refractivity contribution in [2.45, 2.75) is 11.3 Å². The molecule has 0 fully saturated rings. The van der Waals surface area contributed by atoms with Crippen LogP contribution in [-0.4, -0.2) is 20.5 Å². The molecule has 0 radical (unpaired) electrons. The molecule has 8 heteroatoms. The molecule has 4 aromatic rings. The third-order valence-corrected chi connectivity index (χ3v) is 5.68. The lowest BCUT2D eigenvalue weighted by molar-refractivity contribution is 0.413. The molecule has 0 saturated heterocycles. The third kappa shape index (κ3) is 4.35. The van der Waals surface area contributed by atoms with Gasteiger partial charge in [0.2, 0.25) is 10.0 Å². The largest absolute Gasteiger partial charge is 0.496 e. The number of oxazole rings is 1. The Morgan fingerprint density at radius 1 is 1.00 bits per heavy atom. The van der Waals surface area contributed by atoms with E-state index in [9.17, 15) is 12.8 Å². The smallest absolute Gasteiger partial charge is 0.238 e. The summed E-state index contributed by atoms with van der Waals surface area (Å²) in [4.78, 5) is 4.53. The predicted molar refractivity (Wildman–Crippen MR) is 115 cm³/mol. The van der Waals surface area contributed by atoms with E-state index >= 15 is 0 Å². The minimum atomic E-state index is -3.84. The normalized spacial score (nSPS) is 11.5. The number of hydrogen-bond donors (Lipinski definition) is 1. The van der Waals surface area contributed by atoms with Gasteiger partial charge < -0.3 is 9.15 Å². The van der Waals surface area contributed by atoms with Crippen molar-refractivity contribution in [2.75, 3.05) is 7.11 Å². The van der Waals surface area contributed by atoms with Crippen LogP contribution in [0.25, 0.3) is 22.6 Å². The Balaban J connectivity index is 1.87. The van der Waals surface area contributed by atoms with Gasteiger partial charge in [-0.3, -0.25) is 0 Å². The number of methoxy groups -OCH3 is 1. The van der Waals surface area contributed by atoms with Crippen LogP contribution in [0.3, 0.4) is 0 Å². The fraction of sp³-hybridized carbons (Fsp3) is 0.0870. The van der Waals surface area contributed by atoms with Gasteiger partial charge in [0, 0.05) is 12.0 Å². The maximum atomic E-state index is 14.8. The second-order valence-electron chi connectivity index (χ2n) is 6.83. The first-order valence-corrected chi connectivity index (χ1v) is 10.9. The number of rotatable bonds is 6. The van der Waals surface area contributed by atoms with Crippen molar-refractivity contribution in [1.82, 2.24) is 4.98 Å². The van der Waals surface area contributed by atoms with Crippen LogP contribution in [0.2, 0.25) is 0 Å². The molecular weight excluding hydrogens is 419 g/mol. The molecule has 2 N–H and O–H groups in total. The number of nitrogens with zero attached hydrogens (tertiary/aromatic N) is 1. The molecule has 0 saturated carbocycles. The molecule has 0 aliphatic rings. The lowest BCUT2D eigenvalue weighted by atomic mass is 10.0. The molecule has 158 valence electrons. The van der Waals surface area contributed by atoms with Crippen LogP contribution in [0.15, 0.2) is 82.1 Å². The minimum Gasteiger partial charge on any atom is -0.496 e. The highest BCUT2D eigenvalue weighted by molar-refractivity contribution is 7.89.